The van der Waals surface area contributed by atoms with Gasteiger partial charge in [-0.1, -0.05) is 17.7 Å². The summed E-state index contributed by atoms with van der Waals surface area (Å²) in [7, 11) is -3.80. The number of hydrogen-bond donors (Lipinski definition) is 2. The summed E-state index contributed by atoms with van der Waals surface area (Å²) in [5, 5.41) is 2.60. The summed E-state index contributed by atoms with van der Waals surface area (Å²) in [5.41, 5.74) is 0.329. The summed E-state index contributed by atoms with van der Waals surface area (Å²) in [6.45, 7) is 1.84. The van der Waals surface area contributed by atoms with E-state index in [2.05, 4.69) is 15.0 Å². The van der Waals surface area contributed by atoms with Gasteiger partial charge < -0.3 is 5.32 Å². The highest BCUT2D eigenvalue weighted by atomic mass is 32.2. The van der Waals surface area contributed by atoms with Gasteiger partial charge in [-0.25, -0.2) is 13.4 Å². The van der Waals surface area contributed by atoms with Crippen molar-refractivity contribution in [1.29, 1.82) is 0 Å². The Morgan fingerprint density at radius 1 is 1.07 bits per heavy atom. The van der Waals surface area contributed by atoms with E-state index in [1.807, 2.05) is 6.92 Å². The molecule has 3 rings (SSSR count). The van der Waals surface area contributed by atoms with Gasteiger partial charge in [0.1, 0.15) is 0 Å². The van der Waals surface area contributed by atoms with Gasteiger partial charge in [0, 0.05) is 16.8 Å². The Hall–Kier alpha value is -2.92. The van der Waals surface area contributed by atoms with Gasteiger partial charge in [-0.3, -0.25) is 9.52 Å². The van der Waals surface area contributed by atoms with E-state index >= 15 is 0 Å². The first-order valence-corrected chi connectivity index (χ1v) is 10.8. The quantitative estimate of drug-likeness (QED) is 0.575. The molecule has 1 heterocycles. The lowest BCUT2D eigenvalue weighted by atomic mass is 10.2. The van der Waals surface area contributed by atoms with E-state index in [-0.39, 0.29) is 22.1 Å². The number of aromatic nitrogens is 1. The van der Waals surface area contributed by atoms with Crippen LogP contribution in [-0.4, -0.2) is 19.3 Å². The largest absolute Gasteiger partial charge is 0.416 e. The number of alkyl halides is 3. The topological polar surface area (TPSA) is 88.2 Å². The molecule has 30 heavy (non-hydrogen) atoms. The molecule has 0 aliphatic heterocycles. The van der Waals surface area contributed by atoms with Crippen LogP contribution in [0.15, 0.2) is 59.6 Å². The number of carbonyl (C=O) groups excluding carboxylic acids is 1. The van der Waals surface area contributed by atoms with Crippen molar-refractivity contribution >= 4 is 38.1 Å². The summed E-state index contributed by atoms with van der Waals surface area (Å²) in [6.07, 6.45) is -3.19. The maximum absolute atomic E-state index is 12.6. The number of hydrogen-bond acceptors (Lipinski definition) is 5. The number of nitrogens with one attached hydrogen (secondary N) is 2. The van der Waals surface area contributed by atoms with Crippen molar-refractivity contribution in [2.45, 2.75) is 24.4 Å². The summed E-state index contributed by atoms with van der Waals surface area (Å²) < 4.78 is 64.8. The molecule has 0 atom stereocenters. The molecule has 3 aromatic rings. The molecule has 0 aliphatic rings. The number of sulfonamides is 1. The van der Waals surface area contributed by atoms with Crippen molar-refractivity contribution in [2.75, 3.05) is 10.0 Å². The first-order valence-electron chi connectivity index (χ1n) is 8.54. The molecule has 0 radical (unpaired) electrons. The molecule has 0 saturated carbocycles. The Bertz CT molecular complexity index is 1140. The fourth-order valence-corrected chi connectivity index (χ4v) is 4.49. The molecule has 0 unspecified atom stereocenters. The van der Waals surface area contributed by atoms with Gasteiger partial charge in [0.2, 0.25) is 5.91 Å². The Kier molecular flexibility index (Phi) is 6.13. The van der Waals surface area contributed by atoms with E-state index in [1.54, 1.807) is 12.1 Å². The minimum Gasteiger partial charge on any atom is -0.326 e. The van der Waals surface area contributed by atoms with E-state index in [1.165, 1.54) is 18.3 Å². The van der Waals surface area contributed by atoms with Crippen LogP contribution in [0.1, 0.15) is 16.0 Å². The predicted molar refractivity (Wildman–Crippen MR) is 108 cm³/mol. The lowest BCUT2D eigenvalue weighted by molar-refractivity contribution is -0.137. The summed E-state index contributed by atoms with van der Waals surface area (Å²) >= 11 is 0.991. The Labute approximate surface area is 174 Å². The first kappa shape index (κ1) is 21.8. The molecule has 0 fully saturated rings. The van der Waals surface area contributed by atoms with Gasteiger partial charge in [-0.15, -0.1) is 11.3 Å². The van der Waals surface area contributed by atoms with E-state index in [0.717, 1.165) is 41.2 Å². The van der Waals surface area contributed by atoms with Crippen LogP contribution in [0.3, 0.4) is 0 Å². The fourth-order valence-electron chi connectivity index (χ4n) is 2.43. The van der Waals surface area contributed by atoms with Gasteiger partial charge in [0.25, 0.3) is 10.0 Å². The second kappa shape index (κ2) is 8.44. The van der Waals surface area contributed by atoms with Crippen LogP contribution in [0, 0.1) is 6.92 Å². The standard InChI is InChI=1S/C19H16F3N3O3S2/c1-12-2-8-16(9-3-12)30(27,28)25-18-23-11-15(29-18)10-17(26)24-14-6-4-13(5-7-14)19(20,21)22/h2-9,11H,10H2,1H3,(H,23,25)(H,24,26). The highest BCUT2D eigenvalue weighted by molar-refractivity contribution is 7.93. The molecule has 6 nitrogen and oxygen atoms in total. The number of nitrogens with zero attached hydrogens (tertiary/aromatic N) is 1. The molecule has 158 valence electrons. The molecule has 0 saturated heterocycles. The zero-order valence-electron chi connectivity index (χ0n) is 15.5. The predicted octanol–water partition coefficient (Wildman–Crippen LogP) is 4.45. The molecule has 11 heteroatoms. The zero-order valence-corrected chi connectivity index (χ0v) is 17.2. The lowest BCUT2D eigenvalue weighted by Gasteiger charge is -2.08. The van der Waals surface area contributed by atoms with E-state index in [4.69, 9.17) is 0 Å². The van der Waals surface area contributed by atoms with Gasteiger partial charge in [-0.05, 0) is 43.3 Å². The normalized spacial score (nSPS) is 11.9. The van der Waals surface area contributed by atoms with Crippen LogP contribution in [0.25, 0.3) is 0 Å². The Morgan fingerprint density at radius 2 is 1.70 bits per heavy atom. The monoisotopic (exact) mass is 455 g/mol. The maximum Gasteiger partial charge on any atom is 0.416 e. The van der Waals surface area contributed by atoms with Crippen LogP contribution >= 0.6 is 11.3 Å². The number of carbonyl (C=O) groups is 1. The molecule has 2 aromatic carbocycles. The van der Waals surface area contributed by atoms with Crippen molar-refractivity contribution in [1.82, 2.24) is 4.98 Å². The van der Waals surface area contributed by atoms with Gasteiger partial charge >= 0.3 is 6.18 Å². The Morgan fingerprint density at radius 3 is 2.30 bits per heavy atom. The zero-order chi connectivity index (χ0) is 21.9. The molecular weight excluding hydrogens is 439 g/mol. The fraction of sp³-hybridized carbons (Fsp3) is 0.158. The molecule has 2 N–H and O–H groups in total. The van der Waals surface area contributed by atoms with Crippen LogP contribution in [-0.2, 0) is 27.4 Å². The molecule has 1 aromatic heterocycles. The number of rotatable bonds is 6. The molecule has 0 spiro atoms. The molecule has 0 aliphatic carbocycles. The molecule has 1 amide bonds. The van der Waals surface area contributed by atoms with Crippen molar-refractivity contribution in [3.8, 4) is 0 Å². The second-order valence-corrected chi connectivity index (χ2v) is 9.15. The van der Waals surface area contributed by atoms with E-state index < -0.39 is 27.7 Å². The van der Waals surface area contributed by atoms with Crippen LogP contribution < -0.4 is 10.0 Å². The van der Waals surface area contributed by atoms with Gasteiger partial charge in [-0.2, -0.15) is 13.2 Å². The number of anilines is 2. The SMILES string of the molecule is Cc1ccc(S(=O)(=O)Nc2ncc(CC(=O)Nc3ccc(C(F)(F)F)cc3)s2)cc1. The van der Waals surface area contributed by atoms with Gasteiger partial charge in [0.15, 0.2) is 5.13 Å². The summed E-state index contributed by atoms with van der Waals surface area (Å²) in [4.78, 5) is 16.7. The third-order valence-electron chi connectivity index (χ3n) is 3.94. The van der Waals surface area contributed by atoms with Crippen molar-refractivity contribution < 1.29 is 26.4 Å². The highest BCUT2D eigenvalue weighted by Crippen LogP contribution is 2.30. The smallest absolute Gasteiger partial charge is 0.326 e. The Balaban J connectivity index is 1.61. The average molecular weight is 455 g/mol. The van der Waals surface area contributed by atoms with Crippen LogP contribution in [0.4, 0.5) is 24.0 Å². The number of benzene rings is 2. The van der Waals surface area contributed by atoms with E-state index in [9.17, 15) is 26.4 Å². The van der Waals surface area contributed by atoms with Crippen molar-refractivity contribution in [3.05, 3.63) is 70.7 Å². The van der Waals surface area contributed by atoms with Gasteiger partial charge in [0.05, 0.1) is 16.9 Å². The van der Waals surface area contributed by atoms with Crippen LogP contribution in [0.5, 0.6) is 0 Å². The summed E-state index contributed by atoms with van der Waals surface area (Å²) in [5.74, 6) is -0.466. The van der Waals surface area contributed by atoms with E-state index in [0.29, 0.717) is 4.88 Å². The maximum atomic E-state index is 12.6. The number of amides is 1. The minimum atomic E-state index is -4.45. The molecular formula is C19H16F3N3O3S2. The van der Waals surface area contributed by atoms with Crippen molar-refractivity contribution in [2.24, 2.45) is 0 Å². The summed E-state index contributed by atoms with van der Waals surface area (Å²) in [6, 6.07) is 10.4. The third kappa shape index (κ3) is 5.57. The lowest BCUT2D eigenvalue weighted by Crippen LogP contribution is -2.14. The minimum absolute atomic E-state index is 0.0879. The number of aryl methyl sites for hydroxylation is 1. The molecule has 0 bridgehead atoms. The van der Waals surface area contributed by atoms with Crippen molar-refractivity contribution in [3.63, 3.8) is 0 Å². The number of halogens is 3. The average Bonchev–Trinajstić information content (AvgIpc) is 3.07. The highest BCUT2D eigenvalue weighted by Gasteiger charge is 2.30. The number of thiazole rings is 1. The third-order valence-corrected chi connectivity index (χ3v) is 6.33. The second-order valence-electron chi connectivity index (χ2n) is 6.35. The van der Waals surface area contributed by atoms with Crippen LogP contribution in [0.2, 0.25) is 0 Å². The first-order chi connectivity index (χ1) is 14.0.